The minimum Gasteiger partial charge on any atom is -0.477 e. The molecule has 1 aliphatic heterocycles. The summed E-state index contributed by atoms with van der Waals surface area (Å²) in [5.74, 6) is 1.02. The summed E-state index contributed by atoms with van der Waals surface area (Å²) in [7, 11) is 0. The van der Waals surface area contributed by atoms with Crippen LogP contribution in [0.4, 0.5) is 0 Å². The molecule has 1 aliphatic carbocycles. The number of aromatic nitrogens is 1. The van der Waals surface area contributed by atoms with Gasteiger partial charge in [-0.1, -0.05) is 6.07 Å². The standard InChI is InChI=1S/C18H20N2O4/c21-18(14-4-7-22-12-14)20-6-8-23-16-10-13(9-15(16)20)11-24-17-3-1-2-5-19-17/h1-5,7,12-13,15-16H,6,8-11H2/t13-,15+,16+/m0/s1. The van der Waals surface area contributed by atoms with E-state index in [2.05, 4.69) is 4.98 Å². The van der Waals surface area contributed by atoms with E-state index in [0.717, 1.165) is 12.8 Å². The van der Waals surface area contributed by atoms with E-state index in [1.807, 2.05) is 23.1 Å². The molecule has 6 heteroatoms. The van der Waals surface area contributed by atoms with Gasteiger partial charge in [0.15, 0.2) is 0 Å². The molecule has 0 N–H and O–H groups in total. The Morgan fingerprint density at radius 3 is 3.08 bits per heavy atom. The smallest absolute Gasteiger partial charge is 0.257 e. The summed E-state index contributed by atoms with van der Waals surface area (Å²) in [5, 5.41) is 0. The molecule has 1 saturated heterocycles. The Morgan fingerprint density at radius 1 is 1.33 bits per heavy atom. The fraction of sp³-hybridized carbons (Fsp3) is 0.444. The zero-order chi connectivity index (χ0) is 16.4. The number of nitrogens with zero attached hydrogens (tertiary/aromatic N) is 2. The zero-order valence-corrected chi connectivity index (χ0v) is 13.3. The summed E-state index contributed by atoms with van der Waals surface area (Å²) in [6, 6.07) is 7.45. The second-order valence-electron chi connectivity index (χ2n) is 6.30. The predicted molar refractivity (Wildman–Crippen MR) is 85.7 cm³/mol. The molecule has 126 valence electrons. The molecule has 3 atom stereocenters. The van der Waals surface area contributed by atoms with Gasteiger partial charge < -0.3 is 18.8 Å². The number of amides is 1. The van der Waals surface area contributed by atoms with Crippen LogP contribution in [0.2, 0.25) is 0 Å². The molecule has 2 aromatic heterocycles. The third kappa shape index (κ3) is 3.01. The van der Waals surface area contributed by atoms with E-state index in [1.165, 1.54) is 12.5 Å². The maximum Gasteiger partial charge on any atom is 0.257 e. The van der Waals surface area contributed by atoms with Crippen LogP contribution in [0, 0.1) is 5.92 Å². The average Bonchev–Trinajstić information content (AvgIpc) is 3.29. The van der Waals surface area contributed by atoms with Crippen molar-refractivity contribution in [3.05, 3.63) is 48.6 Å². The molecule has 0 bridgehead atoms. The number of fused-ring (bicyclic) bond motifs is 1. The van der Waals surface area contributed by atoms with Crippen molar-refractivity contribution in [2.75, 3.05) is 19.8 Å². The Balaban J connectivity index is 1.40. The molecule has 24 heavy (non-hydrogen) atoms. The fourth-order valence-corrected chi connectivity index (χ4v) is 3.63. The number of hydrogen-bond donors (Lipinski definition) is 0. The molecule has 0 radical (unpaired) electrons. The molecule has 0 spiro atoms. The second kappa shape index (κ2) is 6.65. The lowest BCUT2D eigenvalue weighted by atomic mass is 10.1. The number of pyridine rings is 1. The first-order chi connectivity index (χ1) is 11.8. The number of morpholine rings is 1. The van der Waals surface area contributed by atoms with Crippen LogP contribution >= 0.6 is 0 Å². The van der Waals surface area contributed by atoms with E-state index in [0.29, 0.717) is 37.1 Å². The fourth-order valence-electron chi connectivity index (χ4n) is 3.63. The Bertz CT molecular complexity index is 674. The SMILES string of the molecule is O=C(c1ccoc1)N1CCO[C@@H]2C[C@@H](COc3ccccn3)C[C@H]21. The third-order valence-electron chi connectivity index (χ3n) is 4.77. The lowest BCUT2D eigenvalue weighted by Gasteiger charge is -2.37. The van der Waals surface area contributed by atoms with E-state index >= 15 is 0 Å². The first kappa shape index (κ1) is 15.2. The number of rotatable bonds is 4. The van der Waals surface area contributed by atoms with E-state index < -0.39 is 0 Å². The van der Waals surface area contributed by atoms with Crippen LogP contribution in [0.15, 0.2) is 47.4 Å². The van der Waals surface area contributed by atoms with Gasteiger partial charge in [-0.25, -0.2) is 4.98 Å². The minimum absolute atomic E-state index is 0.0216. The summed E-state index contributed by atoms with van der Waals surface area (Å²) in [4.78, 5) is 18.8. The Hall–Kier alpha value is -2.34. The second-order valence-corrected chi connectivity index (χ2v) is 6.30. The number of carbonyl (C=O) groups excluding carboxylic acids is 1. The highest BCUT2D eigenvalue weighted by Crippen LogP contribution is 2.35. The molecule has 4 rings (SSSR count). The van der Waals surface area contributed by atoms with Crippen molar-refractivity contribution in [1.29, 1.82) is 0 Å². The monoisotopic (exact) mass is 328 g/mol. The van der Waals surface area contributed by atoms with Crippen molar-refractivity contribution in [3.63, 3.8) is 0 Å². The molecule has 0 aromatic carbocycles. The maximum absolute atomic E-state index is 12.7. The van der Waals surface area contributed by atoms with E-state index in [9.17, 15) is 4.79 Å². The van der Waals surface area contributed by atoms with E-state index in [1.54, 1.807) is 12.3 Å². The maximum atomic E-state index is 12.7. The van der Waals surface area contributed by atoms with Gasteiger partial charge in [-0.05, 0) is 30.9 Å². The molecule has 2 aromatic rings. The Morgan fingerprint density at radius 2 is 2.29 bits per heavy atom. The lowest BCUT2D eigenvalue weighted by Crippen LogP contribution is -2.51. The highest BCUT2D eigenvalue weighted by atomic mass is 16.5. The quantitative estimate of drug-likeness (QED) is 0.862. The van der Waals surface area contributed by atoms with Gasteiger partial charge >= 0.3 is 0 Å². The van der Waals surface area contributed by atoms with Crippen molar-refractivity contribution < 1.29 is 18.7 Å². The number of ether oxygens (including phenoxy) is 2. The first-order valence-electron chi connectivity index (χ1n) is 8.30. The van der Waals surface area contributed by atoms with Gasteiger partial charge in [-0.15, -0.1) is 0 Å². The molecular formula is C18H20N2O4. The highest BCUT2D eigenvalue weighted by molar-refractivity contribution is 5.94. The minimum atomic E-state index is 0.0216. The van der Waals surface area contributed by atoms with Crippen molar-refractivity contribution in [1.82, 2.24) is 9.88 Å². The largest absolute Gasteiger partial charge is 0.477 e. The van der Waals surface area contributed by atoms with Crippen LogP contribution in [0.1, 0.15) is 23.2 Å². The summed E-state index contributed by atoms with van der Waals surface area (Å²) in [6.07, 6.45) is 6.64. The normalized spacial score (nSPS) is 26.2. The van der Waals surface area contributed by atoms with E-state index in [4.69, 9.17) is 13.9 Å². The molecule has 2 fully saturated rings. The Kier molecular flexibility index (Phi) is 4.21. The van der Waals surface area contributed by atoms with Gasteiger partial charge in [0.1, 0.15) is 6.26 Å². The molecule has 3 heterocycles. The van der Waals surface area contributed by atoms with E-state index in [-0.39, 0.29) is 18.1 Å². The van der Waals surface area contributed by atoms with Crippen LogP contribution in [-0.4, -0.2) is 47.7 Å². The number of furan rings is 1. The molecule has 2 aliphatic rings. The topological polar surface area (TPSA) is 64.8 Å². The molecule has 0 unspecified atom stereocenters. The zero-order valence-electron chi connectivity index (χ0n) is 13.3. The van der Waals surface area contributed by atoms with Crippen molar-refractivity contribution >= 4 is 5.91 Å². The number of hydrogen-bond acceptors (Lipinski definition) is 5. The van der Waals surface area contributed by atoms with Crippen molar-refractivity contribution in [2.45, 2.75) is 25.0 Å². The molecule has 1 saturated carbocycles. The van der Waals surface area contributed by atoms with Gasteiger partial charge in [0.05, 0.1) is 37.2 Å². The van der Waals surface area contributed by atoms with Gasteiger partial charge in [0, 0.05) is 18.8 Å². The Labute approximate surface area is 140 Å². The van der Waals surface area contributed by atoms with Crippen LogP contribution < -0.4 is 4.74 Å². The van der Waals surface area contributed by atoms with Crippen LogP contribution in [0.25, 0.3) is 0 Å². The summed E-state index contributed by atoms with van der Waals surface area (Å²) in [6.45, 7) is 1.80. The predicted octanol–water partition coefficient (Wildman–Crippen LogP) is 2.37. The number of carbonyl (C=O) groups is 1. The average molecular weight is 328 g/mol. The van der Waals surface area contributed by atoms with Crippen LogP contribution in [0.5, 0.6) is 5.88 Å². The lowest BCUT2D eigenvalue weighted by molar-refractivity contribution is -0.0448. The summed E-state index contributed by atoms with van der Waals surface area (Å²) < 4.78 is 16.7. The van der Waals surface area contributed by atoms with Gasteiger partial charge in [-0.2, -0.15) is 0 Å². The van der Waals surface area contributed by atoms with Crippen LogP contribution in [0.3, 0.4) is 0 Å². The molecular weight excluding hydrogens is 308 g/mol. The van der Waals surface area contributed by atoms with Gasteiger partial charge in [-0.3, -0.25) is 4.79 Å². The first-order valence-corrected chi connectivity index (χ1v) is 8.30. The highest BCUT2D eigenvalue weighted by Gasteiger charge is 2.43. The van der Waals surface area contributed by atoms with Crippen molar-refractivity contribution in [3.8, 4) is 5.88 Å². The van der Waals surface area contributed by atoms with Crippen LogP contribution in [-0.2, 0) is 4.74 Å². The third-order valence-corrected chi connectivity index (χ3v) is 4.77. The van der Waals surface area contributed by atoms with Gasteiger partial charge in [0.2, 0.25) is 5.88 Å². The molecule has 6 nitrogen and oxygen atoms in total. The molecule has 1 amide bonds. The summed E-state index contributed by atoms with van der Waals surface area (Å²) >= 11 is 0. The summed E-state index contributed by atoms with van der Waals surface area (Å²) in [5.41, 5.74) is 0.601. The van der Waals surface area contributed by atoms with Crippen molar-refractivity contribution in [2.24, 2.45) is 5.92 Å². The van der Waals surface area contributed by atoms with Gasteiger partial charge in [0.25, 0.3) is 5.91 Å².